The molecule has 0 N–H and O–H groups in total. The van der Waals surface area contributed by atoms with E-state index in [-0.39, 0.29) is 0 Å². The van der Waals surface area contributed by atoms with Crippen LogP contribution in [0.1, 0.15) is 0 Å². The molecule has 0 aromatic rings. The van der Waals surface area contributed by atoms with E-state index in [1.165, 1.54) is 22.9 Å². The van der Waals surface area contributed by atoms with Crippen LogP contribution in [0.3, 0.4) is 0 Å². The molecule has 1 aliphatic heterocycles. The fourth-order valence-electron chi connectivity index (χ4n) is 0.545. The highest BCUT2D eigenvalue weighted by Crippen LogP contribution is 2.25. The molecule has 0 radical (unpaired) electrons. The molecule has 13 heavy (non-hydrogen) atoms. The minimum atomic E-state index is -4.92. The molecule has 0 spiro atoms. The van der Waals surface area contributed by atoms with Gasteiger partial charge in [-0.2, -0.15) is 13.2 Å². The van der Waals surface area contributed by atoms with Gasteiger partial charge in [0.25, 0.3) is 0 Å². The van der Waals surface area contributed by atoms with Gasteiger partial charge in [-0.25, -0.2) is 4.79 Å². The molecule has 0 aliphatic carbocycles. The highest BCUT2D eigenvalue weighted by molar-refractivity contribution is 8.14. The average Bonchev–Trinajstić information content (AvgIpc) is 2.04. The van der Waals surface area contributed by atoms with Crippen LogP contribution in [-0.4, -0.2) is 17.5 Å². The molecule has 2 nitrogen and oxygen atoms in total. The zero-order valence-electron chi connectivity index (χ0n) is 6.25. The van der Waals surface area contributed by atoms with Crippen LogP contribution < -0.4 is 0 Å². The van der Waals surface area contributed by atoms with Gasteiger partial charge in [0.2, 0.25) is 0 Å². The molecule has 6 heteroatoms. The summed E-state index contributed by atoms with van der Waals surface area (Å²) in [5.74, 6) is -2.16. The van der Waals surface area contributed by atoms with Gasteiger partial charge in [-0.1, -0.05) is 18.2 Å². The highest BCUT2D eigenvalue weighted by atomic mass is 32.2. The monoisotopic (exact) mass is 210 g/mol. The van der Waals surface area contributed by atoms with E-state index < -0.39 is 22.9 Å². The average molecular weight is 210 g/mol. The molecule has 72 valence electrons. The Hall–Kier alpha value is -1.04. The van der Waals surface area contributed by atoms with Crippen molar-refractivity contribution in [3.63, 3.8) is 0 Å². The first-order valence-corrected chi connectivity index (χ1v) is 4.47. The molecular weight excluding hydrogens is 205 g/mol. The Balaban J connectivity index is 2.60. The van der Waals surface area contributed by atoms with E-state index in [0.717, 1.165) is 0 Å². The summed E-state index contributed by atoms with van der Waals surface area (Å²) in [5.41, 5.74) is 0. The van der Waals surface area contributed by atoms with Crippen LogP contribution in [0.15, 0.2) is 23.6 Å². The molecule has 0 saturated heterocycles. The summed E-state index contributed by atoms with van der Waals surface area (Å²) in [6.07, 6.45) is -0.250. The third-order valence-corrected chi connectivity index (χ3v) is 2.25. The normalized spacial score (nSPS) is 21.0. The lowest BCUT2D eigenvalue weighted by Crippen LogP contribution is -2.23. The van der Waals surface area contributed by atoms with Gasteiger partial charge in [0.1, 0.15) is 0 Å². The topological polar surface area (TPSA) is 26.3 Å². The lowest BCUT2D eigenvalue weighted by molar-refractivity contribution is -0.188. The van der Waals surface area contributed by atoms with Crippen molar-refractivity contribution in [2.45, 2.75) is 6.18 Å². The fraction of sp³-hybridized carbons (Fsp3) is 0.143. The second-order valence-electron chi connectivity index (χ2n) is 2.05. The predicted octanol–water partition coefficient (Wildman–Crippen LogP) is 2.16. The minimum Gasteiger partial charge on any atom is -0.389 e. The Morgan fingerprint density at radius 1 is 1.23 bits per heavy atom. The summed E-state index contributed by atoms with van der Waals surface area (Å²) >= 11 is 0. The Bertz CT molecular complexity index is 301. The van der Waals surface area contributed by atoms with Crippen LogP contribution in [0.2, 0.25) is 0 Å². The van der Waals surface area contributed by atoms with E-state index in [1.807, 2.05) is 0 Å². The van der Waals surface area contributed by atoms with Gasteiger partial charge in [0.05, 0.1) is 0 Å². The highest BCUT2D eigenvalue weighted by Gasteiger charge is 2.41. The van der Waals surface area contributed by atoms with E-state index in [2.05, 4.69) is 4.18 Å². The molecule has 1 unspecified atom stereocenters. The van der Waals surface area contributed by atoms with Gasteiger partial charge >= 0.3 is 12.1 Å². The van der Waals surface area contributed by atoms with Crippen molar-refractivity contribution in [1.82, 2.24) is 0 Å². The van der Waals surface area contributed by atoms with Crippen molar-refractivity contribution in [3.05, 3.63) is 23.6 Å². The lowest BCUT2D eigenvalue weighted by atomic mass is 10.5. The van der Waals surface area contributed by atoms with Crippen molar-refractivity contribution in [3.8, 4) is 0 Å². The molecule has 0 aromatic heterocycles. The van der Waals surface area contributed by atoms with E-state index >= 15 is 0 Å². The molecule has 0 bridgehead atoms. The Morgan fingerprint density at radius 2 is 1.92 bits per heavy atom. The smallest absolute Gasteiger partial charge is 0.389 e. The third-order valence-electron chi connectivity index (χ3n) is 1.05. The van der Waals surface area contributed by atoms with Crippen LogP contribution >= 0.6 is 10.8 Å². The van der Waals surface area contributed by atoms with Crippen molar-refractivity contribution in [2.75, 3.05) is 0 Å². The van der Waals surface area contributed by atoms with Gasteiger partial charge < -0.3 is 4.18 Å². The summed E-state index contributed by atoms with van der Waals surface area (Å²) in [4.78, 5) is 10.3. The van der Waals surface area contributed by atoms with Crippen molar-refractivity contribution in [1.29, 1.82) is 0 Å². The predicted molar refractivity (Wildman–Crippen MR) is 44.1 cm³/mol. The molecular formula is C7H5F3O2S. The van der Waals surface area contributed by atoms with E-state index in [0.29, 0.717) is 0 Å². The minimum absolute atomic E-state index is 1.18. The lowest BCUT2D eigenvalue weighted by Gasteiger charge is -2.08. The fourth-order valence-corrected chi connectivity index (χ4v) is 1.51. The molecule has 1 aliphatic rings. The van der Waals surface area contributed by atoms with Crippen LogP contribution in [0.4, 0.5) is 13.2 Å². The van der Waals surface area contributed by atoms with E-state index in [4.69, 9.17) is 0 Å². The zero-order valence-corrected chi connectivity index (χ0v) is 7.06. The maximum atomic E-state index is 11.7. The number of alkyl halides is 3. The number of hydrogen-bond donors (Lipinski definition) is 0. The van der Waals surface area contributed by atoms with Crippen LogP contribution in [0, 0.1) is 0 Å². The number of hydrogen-bond acceptors (Lipinski definition) is 2. The van der Waals surface area contributed by atoms with Gasteiger partial charge in [0.15, 0.2) is 0 Å². The standard InChI is InChI=1S/C7H5F3O2S/c8-7(9,10)6(11)12-13-4-2-1-3-5-13/h1-5H. The summed E-state index contributed by atoms with van der Waals surface area (Å²) in [6, 6.07) is 0. The first kappa shape index (κ1) is 10.0. The van der Waals surface area contributed by atoms with Crippen LogP contribution in [0.5, 0.6) is 0 Å². The summed E-state index contributed by atoms with van der Waals surface area (Å²) in [5, 5.41) is 2.76. The number of allylic oxidation sites excluding steroid dienone is 3. The largest absolute Gasteiger partial charge is 0.492 e. The maximum absolute atomic E-state index is 11.7. The van der Waals surface area contributed by atoms with Crippen LogP contribution in [0.25, 0.3) is 0 Å². The van der Waals surface area contributed by atoms with Crippen molar-refractivity contribution >= 4 is 22.1 Å². The van der Waals surface area contributed by atoms with Gasteiger partial charge in [-0.3, -0.25) is 0 Å². The summed E-state index contributed by atoms with van der Waals surface area (Å²) in [7, 11) is -1.18. The van der Waals surface area contributed by atoms with Gasteiger partial charge in [-0.15, -0.1) is 0 Å². The van der Waals surface area contributed by atoms with Gasteiger partial charge in [-0.05, 0) is 0 Å². The van der Waals surface area contributed by atoms with Gasteiger partial charge in [0, 0.05) is 21.5 Å². The Kier molecular flexibility index (Phi) is 2.92. The molecule has 1 atom stereocenters. The summed E-state index contributed by atoms with van der Waals surface area (Å²) < 4.78 is 39.2. The molecule has 0 fully saturated rings. The number of carbonyl (C=O) groups is 1. The van der Waals surface area contributed by atoms with E-state index in [1.54, 1.807) is 6.08 Å². The zero-order chi connectivity index (χ0) is 9.90. The van der Waals surface area contributed by atoms with E-state index in [9.17, 15) is 18.0 Å². The number of halogens is 3. The van der Waals surface area contributed by atoms with Crippen LogP contribution in [-0.2, 0) is 8.98 Å². The second kappa shape index (κ2) is 3.78. The SMILES string of the molecule is O=C(OS1=CC=CC=C1)C(F)(F)F. The molecule has 1 heterocycles. The molecule has 0 aromatic carbocycles. The molecule has 0 amide bonds. The number of rotatable bonds is 1. The first-order valence-electron chi connectivity index (χ1n) is 3.20. The Morgan fingerprint density at radius 3 is 2.38 bits per heavy atom. The summed E-state index contributed by atoms with van der Waals surface area (Å²) in [6.45, 7) is 0. The molecule has 0 saturated carbocycles. The Labute approximate surface area is 74.8 Å². The number of carbonyl (C=O) groups excluding carboxylic acids is 1. The maximum Gasteiger partial charge on any atom is 0.492 e. The first-order chi connectivity index (χ1) is 6.00. The van der Waals surface area contributed by atoms with Crippen molar-refractivity contribution < 1.29 is 22.1 Å². The second-order valence-corrected chi connectivity index (χ2v) is 3.41. The quantitative estimate of drug-likeness (QED) is 0.620. The third kappa shape index (κ3) is 3.06. The van der Waals surface area contributed by atoms with Crippen molar-refractivity contribution in [2.24, 2.45) is 0 Å². The molecule has 1 rings (SSSR count).